The molecule has 4 nitrogen and oxygen atoms in total. The predicted octanol–water partition coefficient (Wildman–Crippen LogP) is 1.59. The molecular formula is C17H24N2O2. The fourth-order valence-corrected chi connectivity index (χ4v) is 3.30. The van der Waals surface area contributed by atoms with E-state index in [-0.39, 0.29) is 11.9 Å². The van der Waals surface area contributed by atoms with Crippen LogP contribution in [-0.2, 0) is 22.5 Å². The van der Waals surface area contributed by atoms with Crippen molar-refractivity contribution < 1.29 is 9.53 Å². The van der Waals surface area contributed by atoms with Gasteiger partial charge in [-0.2, -0.15) is 0 Å². The van der Waals surface area contributed by atoms with E-state index in [4.69, 9.17) is 4.74 Å². The molecule has 4 heteroatoms. The first-order valence-electron chi connectivity index (χ1n) is 7.94. The van der Waals surface area contributed by atoms with E-state index in [0.717, 1.165) is 45.7 Å². The molecule has 0 saturated carbocycles. The Balaban J connectivity index is 1.57. The Kier molecular flexibility index (Phi) is 4.56. The summed E-state index contributed by atoms with van der Waals surface area (Å²) in [4.78, 5) is 14.7. The smallest absolute Gasteiger partial charge is 0.240 e. The van der Waals surface area contributed by atoms with Crippen molar-refractivity contribution in [3.05, 3.63) is 35.4 Å². The maximum Gasteiger partial charge on any atom is 0.240 e. The highest BCUT2D eigenvalue weighted by Gasteiger charge is 2.32. The number of amides is 1. The number of fused-ring (bicyclic) bond motifs is 1. The molecule has 1 fully saturated rings. The summed E-state index contributed by atoms with van der Waals surface area (Å²) in [5.74, 6) is 0.758. The fraction of sp³-hybridized carbons (Fsp3) is 0.588. The number of ether oxygens (including phenoxy) is 1. The molecule has 0 spiro atoms. The van der Waals surface area contributed by atoms with Gasteiger partial charge >= 0.3 is 0 Å². The van der Waals surface area contributed by atoms with Gasteiger partial charge in [-0.15, -0.1) is 0 Å². The van der Waals surface area contributed by atoms with E-state index < -0.39 is 0 Å². The Morgan fingerprint density at radius 3 is 3.00 bits per heavy atom. The highest BCUT2D eigenvalue weighted by molar-refractivity contribution is 5.82. The second-order valence-corrected chi connectivity index (χ2v) is 6.00. The largest absolute Gasteiger partial charge is 0.381 e. The average molecular weight is 288 g/mol. The number of likely N-dealkylation sites (tertiary alicyclic amines) is 1. The minimum Gasteiger partial charge on any atom is -0.381 e. The third-order valence-corrected chi connectivity index (χ3v) is 4.53. The molecule has 1 N–H and O–H groups in total. The van der Waals surface area contributed by atoms with Crippen molar-refractivity contribution in [2.24, 2.45) is 5.92 Å². The standard InChI is InChI=1S/C17H24N2O2/c1-2-21-12-13-7-8-19(11-13)17(20)16-9-14-5-3-4-6-15(14)10-18-16/h3-6,13,16,18H,2,7-12H2,1H3/t13-,16+/m1/s1. The van der Waals surface area contributed by atoms with Gasteiger partial charge in [0, 0.05) is 32.2 Å². The van der Waals surface area contributed by atoms with Gasteiger partial charge in [-0.05, 0) is 30.9 Å². The summed E-state index contributed by atoms with van der Waals surface area (Å²) >= 11 is 0. The molecule has 2 atom stereocenters. The number of rotatable bonds is 4. The zero-order valence-corrected chi connectivity index (χ0v) is 12.7. The first kappa shape index (κ1) is 14.5. The molecule has 114 valence electrons. The van der Waals surface area contributed by atoms with Gasteiger partial charge < -0.3 is 15.0 Å². The van der Waals surface area contributed by atoms with Gasteiger partial charge in [-0.3, -0.25) is 4.79 Å². The lowest BCUT2D eigenvalue weighted by Crippen LogP contribution is -2.48. The van der Waals surface area contributed by atoms with Crippen LogP contribution in [0.15, 0.2) is 24.3 Å². The number of benzene rings is 1. The molecule has 1 amide bonds. The normalized spacial score (nSPS) is 24.9. The molecular weight excluding hydrogens is 264 g/mol. The Morgan fingerprint density at radius 2 is 2.19 bits per heavy atom. The number of hydrogen-bond donors (Lipinski definition) is 1. The Morgan fingerprint density at radius 1 is 1.38 bits per heavy atom. The van der Waals surface area contributed by atoms with Crippen LogP contribution in [0.2, 0.25) is 0 Å². The van der Waals surface area contributed by atoms with Crippen molar-refractivity contribution in [1.29, 1.82) is 0 Å². The number of nitrogens with one attached hydrogen (secondary N) is 1. The summed E-state index contributed by atoms with van der Waals surface area (Å²) in [5.41, 5.74) is 2.62. The summed E-state index contributed by atoms with van der Waals surface area (Å²) in [6.07, 6.45) is 1.87. The quantitative estimate of drug-likeness (QED) is 0.915. The van der Waals surface area contributed by atoms with Crippen LogP contribution in [0.5, 0.6) is 0 Å². The Labute approximate surface area is 126 Å². The molecule has 3 rings (SSSR count). The first-order valence-corrected chi connectivity index (χ1v) is 7.94. The minimum atomic E-state index is -0.0641. The lowest BCUT2D eigenvalue weighted by molar-refractivity contribution is -0.132. The first-order chi connectivity index (χ1) is 10.3. The van der Waals surface area contributed by atoms with Crippen LogP contribution in [0, 0.1) is 5.92 Å². The minimum absolute atomic E-state index is 0.0641. The van der Waals surface area contributed by atoms with Crippen molar-refractivity contribution in [3.63, 3.8) is 0 Å². The van der Waals surface area contributed by atoms with Gasteiger partial charge in [0.25, 0.3) is 0 Å². The summed E-state index contributed by atoms with van der Waals surface area (Å²) in [7, 11) is 0. The van der Waals surface area contributed by atoms with Crippen LogP contribution < -0.4 is 5.32 Å². The number of nitrogens with zero attached hydrogens (tertiary/aromatic N) is 1. The van der Waals surface area contributed by atoms with Crippen molar-refractivity contribution in [1.82, 2.24) is 10.2 Å². The van der Waals surface area contributed by atoms with E-state index in [1.54, 1.807) is 0 Å². The molecule has 0 radical (unpaired) electrons. The maximum atomic E-state index is 12.7. The maximum absolute atomic E-state index is 12.7. The van der Waals surface area contributed by atoms with Crippen LogP contribution in [0.4, 0.5) is 0 Å². The summed E-state index contributed by atoms with van der Waals surface area (Å²) in [6, 6.07) is 8.32. The van der Waals surface area contributed by atoms with Gasteiger partial charge in [-0.1, -0.05) is 24.3 Å². The molecule has 0 aromatic heterocycles. The van der Waals surface area contributed by atoms with Crippen LogP contribution in [0.25, 0.3) is 0 Å². The van der Waals surface area contributed by atoms with E-state index in [2.05, 4.69) is 29.6 Å². The highest BCUT2D eigenvalue weighted by Crippen LogP contribution is 2.21. The van der Waals surface area contributed by atoms with Gasteiger partial charge in [-0.25, -0.2) is 0 Å². The number of carbonyl (C=O) groups excluding carboxylic acids is 1. The third kappa shape index (κ3) is 3.27. The van der Waals surface area contributed by atoms with Gasteiger partial charge in [0.2, 0.25) is 5.91 Å². The fourth-order valence-electron chi connectivity index (χ4n) is 3.30. The molecule has 1 aromatic rings. The van der Waals surface area contributed by atoms with E-state index in [1.165, 1.54) is 11.1 Å². The molecule has 0 aliphatic carbocycles. The highest BCUT2D eigenvalue weighted by atomic mass is 16.5. The third-order valence-electron chi connectivity index (χ3n) is 4.53. The summed E-state index contributed by atoms with van der Waals surface area (Å²) in [6.45, 7) is 6.06. The summed E-state index contributed by atoms with van der Waals surface area (Å²) in [5, 5.41) is 3.39. The van der Waals surface area contributed by atoms with Crippen LogP contribution in [0.1, 0.15) is 24.5 Å². The van der Waals surface area contributed by atoms with Crippen molar-refractivity contribution in [2.75, 3.05) is 26.3 Å². The van der Waals surface area contributed by atoms with Crippen LogP contribution >= 0.6 is 0 Å². The van der Waals surface area contributed by atoms with E-state index in [0.29, 0.717) is 5.92 Å². The topological polar surface area (TPSA) is 41.6 Å². The zero-order valence-electron chi connectivity index (χ0n) is 12.7. The SMILES string of the molecule is CCOC[C@@H]1CCN(C(=O)[C@@H]2Cc3ccccc3CN2)C1. The van der Waals surface area contributed by atoms with Gasteiger partial charge in [0.15, 0.2) is 0 Å². The average Bonchev–Trinajstić information content (AvgIpc) is 3.00. The van der Waals surface area contributed by atoms with E-state index in [1.807, 2.05) is 11.8 Å². The monoisotopic (exact) mass is 288 g/mol. The lowest BCUT2D eigenvalue weighted by atomic mass is 9.95. The molecule has 2 heterocycles. The van der Waals surface area contributed by atoms with Crippen molar-refractivity contribution in [3.8, 4) is 0 Å². The van der Waals surface area contributed by atoms with Crippen molar-refractivity contribution >= 4 is 5.91 Å². The predicted molar refractivity (Wildman–Crippen MR) is 82.0 cm³/mol. The number of carbonyl (C=O) groups is 1. The molecule has 1 saturated heterocycles. The van der Waals surface area contributed by atoms with Gasteiger partial charge in [0.05, 0.1) is 12.6 Å². The molecule has 0 bridgehead atoms. The molecule has 21 heavy (non-hydrogen) atoms. The van der Waals surface area contributed by atoms with Crippen LogP contribution in [-0.4, -0.2) is 43.2 Å². The number of hydrogen-bond acceptors (Lipinski definition) is 3. The Hall–Kier alpha value is -1.39. The van der Waals surface area contributed by atoms with Gasteiger partial charge in [0.1, 0.15) is 0 Å². The second-order valence-electron chi connectivity index (χ2n) is 6.00. The molecule has 1 aromatic carbocycles. The van der Waals surface area contributed by atoms with Crippen LogP contribution in [0.3, 0.4) is 0 Å². The molecule has 2 aliphatic rings. The van der Waals surface area contributed by atoms with E-state index >= 15 is 0 Å². The Bertz CT molecular complexity index is 503. The lowest BCUT2D eigenvalue weighted by Gasteiger charge is -2.29. The zero-order chi connectivity index (χ0) is 14.7. The van der Waals surface area contributed by atoms with E-state index in [9.17, 15) is 4.79 Å². The second kappa shape index (κ2) is 6.58. The molecule has 2 aliphatic heterocycles. The van der Waals surface area contributed by atoms with Crippen molar-refractivity contribution in [2.45, 2.75) is 32.4 Å². The molecule has 0 unspecified atom stereocenters. The summed E-state index contributed by atoms with van der Waals surface area (Å²) < 4.78 is 5.48.